The summed E-state index contributed by atoms with van der Waals surface area (Å²) in [7, 11) is 1.27. The fraction of sp³-hybridized carbons (Fsp3) is 0.222. The number of alkyl carbamates (subject to hydrolysis) is 1. The second kappa shape index (κ2) is 12.8. The lowest BCUT2D eigenvalue weighted by molar-refractivity contribution is -0.145. The highest BCUT2D eigenvalue weighted by Crippen LogP contribution is 2.08. The van der Waals surface area contributed by atoms with Crippen LogP contribution in [-0.2, 0) is 38.5 Å². The van der Waals surface area contributed by atoms with E-state index in [1.54, 1.807) is 0 Å². The van der Waals surface area contributed by atoms with Crippen molar-refractivity contribution in [3.05, 3.63) is 108 Å². The van der Waals surface area contributed by atoms with Crippen molar-refractivity contribution in [2.75, 3.05) is 7.11 Å². The summed E-state index contributed by atoms with van der Waals surface area (Å²) in [4.78, 5) is 38.0. The van der Waals surface area contributed by atoms with Crippen LogP contribution in [-0.4, -0.2) is 37.2 Å². The third-order valence-electron chi connectivity index (χ3n) is 5.19. The zero-order valence-corrected chi connectivity index (χ0v) is 19.0. The van der Waals surface area contributed by atoms with Crippen LogP contribution in [0.4, 0.5) is 4.79 Å². The molecule has 0 aliphatic heterocycles. The highest BCUT2D eigenvalue weighted by atomic mass is 16.5. The Hall–Kier alpha value is -4.13. The van der Waals surface area contributed by atoms with E-state index in [0.717, 1.165) is 16.7 Å². The van der Waals surface area contributed by atoms with E-state index in [2.05, 4.69) is 10.6 Å². The molecule has 3 rings (SSSR count). The fourth-order valence-electron chi connectivity index (χ4n) is 3.42. The summed E-state index contributed by atoms with van der Waals surface area (Å²) in [5.74, 6) is -1.07. The minimum Gasteiger partial charge on any atom is -0.467 e. The molecule has 0 aliphatic rings. The molecule has 34 heavy (non-hydrogen) atoms. The van der Waals surface area contributed by atoms with E-state index >= 15 is 0 Å². The van der Waals surface area contributed by atoms with Crippen LogP contribution >= 0.6 is 0 Å². The molecule has 0 bridgehead atoms. The molecule has 0 saturated heterocycles. The van der Waals surface area contributed by atoms with Gasteiger partial charge in [-0.3, -0.25) is 4.79 Å². The largest absolute Gasteiger partial charge is 0.467 e. The summed E-state index contributed by atoms with van der Waals surface area (Å²) in [5.41, 5.74) is 2.55. The van der Waals surface area contributed by atoms with Crippen LogP contribution in [0.2, 0.25) is 0 Å². The number of rotatable bonds is 10. The minimum absolute atomic E-state index is 0.0745. The summed E-state index contributed by atoms with van der Waals surface area (Å²) >= 11 is 0. The zero-order valence-electron chi connectivity index (χ0n) is 19.0. The van der Waals surface area contributed by atoms with Gasteiger partial charge in [-0.1, -0.05) is 91.0 Å². The number of ether oxygens (including phenoxy) is 2. The van der Waals surface area contributed by atoms with Crippen LogP contribution in [0.5, 0.6) is 0 Å². The van der Waals surface area contributed by atoms with Crippen molar-refractivity contribution in [3.63, 3.8) is 0 Å². The molecular weight excluding hydrogens is 432 g/mol. The lowest BCUT2D eigenvalue weighted by atomic mass is 10.0. The molecule has 0 heterocycles. The standard InChI is InChI=1S/C27H28N2O5/c1-33-26(31)24(18-21-13-7-3-8-14-21)28-25(30)23(17-20-11-5-2-6-12-20)29-27(32)34-19-22-15-9-4-10-16-22/h2-16,23-24H,17-19H2,1H3,(H,28,30)(H,29,32)/t23-,24-/m1/s1. The van der Waals surface area contributed by atoms with Crippen molar-refractivity contribution in [2.24, 2.45) is 0 Å². The Labute approximate surface area is 199 Å². The molecule has 2 N–H and O–H groups in total. The van der Waals surface area contributed by atoms with E-state index in [0.29, 0.717) is 0 Å². The van der Waals surface area contributed by atoms with Gasteiger partial charge in [-0.2, -0.15) is 0 Å². The normalized spacial score (nSPS) is 12.1. The van der Waals surface area contributed by atoms with Crippen molar-refractivity contribution in [3.8, 4) is 0 Å². The second-order valence-corrected chi connectivity index (χ2v) is 7.72. The topological polar surface area (TPSA) is 93.7 Å². The molecule has 0 aliphatic carbocycles. The first-order chi connectivity index (χ1) is 16.5. The number of nitrogens with one attached hydrogen (secondary N) is 2. The number of amides is 2. The maximum Gasteiger partial charge on any atom is 0.408 e. The van der Waals surface area contributed by atoms with Gasteiger partial charge < -0.3 is 20.1 Å². The Bertz CT molecular complexity index is 1060. The van der Waals surface area contributed by atoms with Crippen molar-refractivity contribution in [1.82, 2.24) is 10.6 Å². The van der Waals surface area contributed by atoms with Gasteiger partial charge in [-0.05, 0) is 16.7 Å². The predicted molar refractivity (Wildman–Crippen MR) is 128 cm³/mol. The monoisotopic (exact) mass is 460 g/mol. The molecule has 0 aromatic heterocycles. The molecule has 3 aromatic carbocycles. The predicted octanol–water partition coefficient (Wildman–Crippen LogP) is 3.42. The molecule has 2 amide bonds. The summed E-state index contributed by atoms with van der Waals surface area (Å²) in [5, 5.41) is 5.37. The quantitative estimate of drug-likeness (QED) is 0.452. The average molecular weight is 461 g/mol. The summed E-state index contributed by atoms with van der Waals surface area (Å²) in [6, 6.07) is 26.0. The molecule has 176 valence electrons. The van der Waals surface area contributed by atoms with Crippen molar-refractivity contribution < 1.29 is 23.9 Å². The number of benzene rings is 3. The van der Waals surface area contributed by atoms with Gasteiger partial charge in [-0.25, -0.2) is 9.59 Å². The van der Waals surface area contributed by atoms with Gasteiger partial charge in [0.25, 0.3) is 0 Å². The van der Waals surface area contributed by atoms with Gasteiger partial charge in [0.15, 0.2) is 0 Å². The molecule has 0 spiro atoms. The first-order valence-corrected chi connectivity index (χ1v) is 11.0. The average Bonchev–Trinajstić information content (AvgIpc) is 2.88. The number of esters is 1. The number of hydrogen-bond donors (Lipinski definition) is 2. The summed E-state index contributed by atoms with van der Waals surface area (Å²) in [6.07, 6.45) is -0.236. The summed E-state index contributed by atoms with van der Waals surface area (Å²) in [6.45, 7) is 0.0745. The van der Waals surface area contributed by atoms with E-state index in [9.17, 15) is 14.4 Å². The molecule has 7 nitrogen and oxygen atoms in total. The Kier molecular flexibility index (Phi) is 9.22. The van der Waals surface area contributed by atoms with E-state index in [4.69, 9.17) is 9.47 Å². The van der Waals surface area contributed by atoms with Crippen LogP contribution in [0.25, 0.3) is 0 Å². The number of hydrogen-bond acceptors (Lipinski definition) is 5. The SMILES string of the molecule is COC(=O)[C@@H](Cc1ccccc1)NC(=O)[C@@H](Cc1ccccc1)NC(=O)OCc1ccccc1. The molecular formula is C27H28N2O5. The lowest BCUT2D eigenvalue weighted by Gasteiger charge is -2.22. The van der Waals surface area contributed by atoms with E-state index in [1.807, 2.05) is 91.0 Å². The van der Waals surface area contributed by atoms with E-state index in [-0.39, 0.29) is 19.4 Å². The molecule has 0 radical (unpaired) electrons. The van der Waals surface area contributed by atoms with Gasteiger partial charge >= 0.3 is 12.1 Å². The van der Waals surface area contributed by atoms with Gasteiger partial charge in [0.2, 0.25) is 5.91 Å². The van der Waals surface area contributed by atoms with E-state index in [1.165, 1.54) is 7.11 Å². The maximum atomic E-state index is 13.2. The third kappa shape index (κ3) is 7.78. The first kappa shape index (κ1) is 24.5. The molecule has 0 fully saturated rings. The molecule has 3 aromatic rings. The molecule has 2 atom stereocenters. The van der Waals surface area contributed by atoms with E-state index < -0.39 is 30.1 Å². The Balaban J connectivity index is 1.70. The fourth-order valence-corrected chi connectivity index (χ4v) is 3.42. The maximum absolute atomic E-state index is 13.2. The van der Waals surface area contributed by atoms with Crippen LogP contribution in [0.3, 0.4) is 0 Å². The van der Waals surface area contributed by atoms with Crippen LogP contribution < -0.4 is 10.6 Å². The number of carbonyl (C=O) groups is 3. The first-order valence-electron chi connectivity index (χ1n) is 11.0. The Morgan fingerprint density at radius 2 is 1.15 bits per heavy atom. The van der Waals surface area contributed by atoms with Crippen LogP contribution in [0.15, 0.2) is 91.0 Å². The van der Waals surface area contributed by atoms with Crippen molar-refractivity contribution in [1.29, 1.82) is 0 Å². The number of carbonyl (C=O) groups excluding carboxylic acids is 3. The number of methoxy groups -OCH3 is 1. The molecule has 0 unspecified atom stereocenters. The second-order valence-electron chi connectivity index (χ2n) is 7.72. The van der Waals surface area contributed by atoms with Crippen molar-refractivity contribution in [2.45, 2.75) is 31.5 Å². The van der Waals surface area contributed by atoms with Gasteiger partial charge in [-0.15, -0.1) is 0 Å². The highest BCUT2D eigenvalue weighted by molar-refractivity contribution is 5.90. The van der Waals surface area contributed by atoms with Crippen LogP contribution in [0, 0.1) is 0 Å². The van der Waals surface area contributed by atoms with Crippen LogP contribution in [0.1, 0.15) is 16.7 Å². The minimum atomic E-state index is -0.950. The van der Waals surface area contributed by atoms with Gasteiger partial charge in [0, 0.05) is 12.8 Å². The third-order valence-corrected chi connectivity index (χ3v) is 5.19. The lowest BCUT2D eigenvalue weighted by Crippen LogP contribution is -2.53. The van der Waals surface area contributed by atoms with Gasteiger partial charge in [0.1, 0.15) is 18.7 Å². The smallest absolute Gasteiger partial charge is 0.408 e. The Morgan fingerprint density at radius 1 is 0.676 bits per heavy atom. The highest BCUT2D eigenvalue weighted by Gasteiger charge is 2.28. The van der Waals surface area contributed by atoms with Crippen molar-refractivity contribution >= 4 is 18.0 Å². The Morgan fingerprint density at radius 3 is 1.65 bits per heavy atom. The summed E-state index contributed by atoms with van der Waals surface area (Å²) < 4.78 is 10.2. The molecule has 0 saturated carbocycles. The van der Waals surface area contributed by atoms with Gasteiger partial charge in [0.05, 0.1) is 7.11 Å². The molecule has 7 heteroatoms. The zero-order chi connectivity index (χ0) is 24.2.